The molecule has 1 saturated heterocycles. The van der Waals surface area contributed by atoms with Crippen molar-refractivity contribution >= 4 is 11.8 Å². The normalized spacial score (nSPS) is 16.3. The maximum atomic E-state index is 12.3. The fraction of sp³-hybridized carbons (Fsp3) is 0.500. The van der Waals surface area contributed by atoms with E-state index in [1.807, 2.05) is 17.7 Å². The average Bonchev–Trinajstić information content (AvgIpc) is 2.95. The minimum atomic E-state index is -0.214. The maximum Gasteiger partial charge on any atom is 0.320 e. The highest BCUT2D eigenvalue weighted by Crippen LogP contribution is 2.20. The predicted octanol–water partition coefficient (Wildman–Crippen LogP) is 3.73. The van der Waals surface area contributed by atoms with Crippen LogP contribution in [0.4, 0.5) is 10.6 Å². The van der Waals surface area contributed by atoms with E-state index < -0.39 is 0 Å². The Kier molecular flexibility index (Phi) is 5.61. The van der Waals surface area contributed by atoms with Crippen LogP contribution in [0.2, 0.25) is 0 Å². The number of benzene rings is 1. The third-order valence-corrected chi connectivity index (χ3v) is 4.91. The van der Waals surface area contributed by atoms with Crippen LogP contribution in [0.1, 0.15) is 36.6 Å². The summed E-state index contributed by atoms with van der Waals surface area (Å²) in [5, 5.41) is 10.4. The fourth-order valence-electron chi connectivity index (χ4n) is 3.56. The zero-order valence-corrected chi connectivity index (χ0v) is 16.0. The predicted molar refractivity (Wildman–Crippen MR) is 103 cm³/mol. The van der Waals surface area contributed by atoms with Gasteiger partial charge in [0.05, 0.1) is 5.69 Å². The van der Waals surface area contributed by atoms with Gasteiger partial charge in [-0.05, 0) is 69.7 Å². The Hall–Kier alpha value is -2.34. The fourth-order valence-corrected chi connectivity index (χ4v) is 3.56. The number of nitrogens with zero attached hydrogens (tertiary/aromatic N) is 2. The number of aromatic nitrogens is 2. The van der Waals surface area contributed by atoms with Crippen molar-refractivity contribution in [3.63, 3.8) is 0 Å². The molecule has 0 radical (unpaired) electrons. The van der Waals surface area contributed by atoms with Gasteiger partial charge in [-0.2, -0.15) is 0 Å². The topological polar surface area (TPSA) is 68.2 Å². The lowest BCUT2D eigenvalue weighted by Crippen LogP contribution is -2.42. The lowest BCUT2D eigenvalue weighted by molar-refractivity contribution is 0.0573. The molecular weight excluding hydrogens is 328 g/mol. The molecule has 1 atom stereocenters. The molecule has 1 unspecified atom stereocenters. The summed E-state index contributed by atoms with van der Waals surface area (Å²) in [7, 11) is 0. The smallest absolute Gasteiger partial charge is 0.320 e. The Bertz CT molecular complexity index is 758. The molecule has 1 aliphatic heterocycles. The van der Waals surface area contributed by atoms with Gasteiger partial charge in [-0.1, -0.05) is 6.07 Å². The number of hydrogen-bond donors (Lipinski definition) is 2. The molecule has 0 spiro atoms. The SMILES string of the molecule is Cc1cc(C)cc(-n2nc(NC(=O)NC(C)C3CCOCC3)cc2C)c1. The highest BCUT2D eigenvalue weighted by Gasteiger charge is 2.22. The molecule has 1 aromatic carbocycles. The van der Waals surface area contributed by atoms with Crippen molar-refractivity contribution in [2.45, 2.75) is 46.6 Å². The van der Waals surface area contributed by atoms with Crippen molar-refractivity contribution in [2.24, 2.45) is 5.92 Å². The van der Waals surface area contributed by atoms with Crippen LogP contribution in [0.5, 0.6) is 0 Å². The van der Waals surface area contributed by atoms with Crippen LogP contribution in [-0.4, -0.2) is 35.1 Å². The molecule has 2 N–H and O–H groups in total. The van der Waals surface area contributed by atoms with Crippen molar-refractivity contribution in [2.75, 3.05) is 18.5 Å². The third kappa shape index (κ3) is 4.43. The van der Waals surface area contributed by atoms with E-state index in [0.29, 0.717) is 11.7 Å². The van der Waals surface area contributed by atoms with Gasteiger partial charge in [0.2, 0.25) is 0 Å². The minimum absolute atomic E-state index is 0.113. The number of carbonyl (C=O) groups excluding carboxylic acids is 1. The standard InChI is InChI=1S/C20H28N4O2/c1-13-9-14(2)11-18(10-13)24-15(3)12-19(23-24)22-20(25)21-16(4)17-5-7-26-8-6-17/h9-12,16-17H,5-8H2,1-4H3,(H2,21,22,23,25). The number of nitrogens with one attached hydrogen (secondary N) is 2. The molecule has 0 bridgehead atoms. The van der Waals surface area contributed by atoms with Crippen molar-refractivity contribution in [1.82, 2.24) is 15.1 Å². The molecule has 3 rings (SSSR count). The molecule has 6 heteroatoms. The molecule has 0 saturated carbocycles. The lowest BCUT2D eigenvalue weighted by Gasteiger charge is -2.28. The van der Waals surface area contributed by atoms with E-state index in [0.717, 1.165) is 37.4 Å². The van der Waals surface area contributed by atoms with Gasteiger partial charge in [-0.25, -0.2) is 9.48 Å². The first-order valence-corrected chi connectivity index (χ1v) is 9.23. The van der Waals surface area contributed by atoms with Crippen molar-refractivity contribution in [1.29, 1.82) is 0 Å². The van der Waals surface area contributed by atoms with E-state index in [2.05, 4.69) is 54.7 Å². The van der Waals surface area contributed by atoms with Gasteiger partial charge < -0.3 is 10.1 Å². The minimum Gasteiger partial charge on any atom is -0.381 e. The average molecular weight is 356 g/mol. The van der Waals surface area contributed by atoms with Gasteiger partial charge >= 0.3 is 6.03 Å². The number of rotatable bonds is 4. The van der Waals surface area contributed by atoms with E-state index in [1.165, 1.54) is 11.1 Å². The Balaban J connectivity index is 1.66. The molecule has 0 aliphatic carbocycles. The molecular formula is C20H28N4O2. The molecule has 1 fully saturated rings. The van der Waals surface area contributed by atoms with Crippen LogP contribution in [0.3, 0.4) is 0 Å². The highest BCUT2D eigenvalue weighted by molar-refractivity contribution is 5.88. The molecule has 1 aromatic heterocycles. The van der Waals surface area contributed by atoms with E-state index in [4.69, 9.17) is 4.74 Å². The van der Waals surface area contributed by atoms with Crippen LogP contribution in [0.15, 0.2) is 24.3 Å². The second-order valence-corrected chi connectivity index (χ2v) is 7.27. The molecule has 2 heterocycles. The van der Waals surface area contributed by atoms with Crippen LogP contribution >= 0.6 is 0 Å². The quantitative estimate of drug-likeness (QED) is 0.877. The van der Waals surface area contributed by atoms with Crippen molar-refractivity contribution in [3.05, 3.63) is 41.1 Å². The summed E-state index contributed by atoms with van der Waals surface area (Å²) in [6.07, 6.45) is 1.98. The Morgan fingerprint density at radius 2 is 1.81 bits per heavy atom. The Morgan fingerprint density at radius 3 is 2.46 bits per heavy atom. The van der Waals surface area contributed by atoms with Gasteiger partial charge in [0, 0.05) is 31.0 Å². The summed E-state index contributed by atoms with van der Waals surface area (Å²) in [6, 6.07) is 8.09. The first-order chi connectivity index (χ1) is 12.4. The van der Waals surface area contributed by atoms with Gasteiger partial charge in [-0.15, -0.1) is 5.10 Å². The molecule has 2 amide bonds. The Labute approximate surface area is 154 Å². The summed E-state index contributed by atoms with van der Waals surface area (Å²) in [6.45, 7) is 9.72. The number of hydrogen-bond acceptors (Lipinski definition) is 3. The van der Waals surface area contributed by atoms with Crippen LogP contribution in [0.25, 0.3) is 5.69 Å². The zero-order valence-electron chi connectivity index (χ0n) is 16.0. The van der Waals surface area contributed by atoms with Crippen LogP contribution in [-0.2, 0) is 4.74 Å². The summed E-state index contributed by atoms with van der Waals surface area (Å²) in [5.74, 6) is 1.02. The van der Waals surface area contributed by atoms with Crippen LogP contribution < -0.4 is 10.6 Å². The summed E-state index contributed by atoms with van der Waals surface area (Å²) < 4.78 is 7.24. The maximum absolute atomic E-state index is 12.3. The molecule has 2 aromatic rings. The van der Waals surface area contributed by atoms with E-state index in [-0.39, 0.29) is 12.1 Å². The zero-order chi connectivity index (χ0) is 18.7. The van der Waals surface area contributed by atoms with Crippen molar-refractivity contribution in [3.8, 4) is 5.69 Å². The first-order valence-electron chi connectivity index (χ1n) is 9.23. The highest BCUT2D eigenvalue weighted by atomic mass is 16.5. The van der Waals surface area contributed by atoms with Gasteiger partial charge in [0.25, 0.3) is 0 Å². The van der Waals surface area contributed by atoms with Crippen molar-refractivity contribution < 1.29 is 9.53 Å². The second kappa shape index (κ2) is 7.91. The van der Waals surface area contributed by atoms with E-state index >= 15 is 0 Å². The molecule has 140 valence electrons. The number of amides is 2. The summed E-state index contributed by atoms with van der Waals surface area (Å²) in [4.78, 5) is 12.3. The molecule has 6 nitrogen and oxygen atoms in total. The third-order valence-electron chi connectivity index (χ3n) is 4.91. The number of carbonyl (C=O) groups is 1. The second-order valence-electron chi connectivity index (χ2n) is 7.27. The number of urea groups is 1. The van der Waals surface area contributed by atoms with E-state index in [9.17, 15) is 4.79 Å². The van der Waals surface area contributed by atoms with Gasteiger partial charge in [0.15, 0.2) is 5.82 Å². The molecule has 26 heavy (non-hydrogen) atoms. The number of anilines is 1. The monoisotopic (exact) mass is 356 g/mol. The van der Waals surface area contributed by atoms with Gasteiger partial charge in [0.1, 0.15) is 0 Å². The van der Waals surface area contributed by atoms with E-state index in [1.54, 1.807) is 0 Å². The molecule has 1 aliphatic rings. The number of ether oxygens (including phenoxy) is 1. The first kappa shape index (κ1) is 18.5. The Morgan fingerprint density at radius 1 is 1.15 bits per heavy atom. The largest absolute Gasteiger partial charge is 0.381 e. The number of aryl methyl sites for hydroxylation is 3. The lowest BCUT2D eigenvalue weighted by atomic mass is 9.93. The summed E-state index contributed by atoms with van der Waals surface area (Å²) >= 11 is 0. The summed E-state index contributed by atoms with van der Waals surface area (Å²) in [5.41, 5.74) is 4.35. The van der Waals surface area contributed by atoms with Crippen LogP contribution in [0, 0.1) is 26.7 Å². The van der Waals surface area contributed by atoms with Gasteiger partial charge in [-0.3, -0.25) is 5.32 Å².